The van der Waals surface area contributed by atoms with Crippen LogP contribution in [-0.2, 0) is 14.3 Å². The normalized spacial score (nSPS) is 11.6. The summed E-state index contributed by atoms with van der Waals surface area (Å²) in [5.41, 5.74) is 2.53. The van der Waals surface area contributed by atoms with Gasteiger partial charge < -0.3 is 25.4 Å². The van der Waals surface area contributed by atoms with Crippen LogP contribution in [0.5, 0.6) is 5.75 Å². The zero-order chi connectivity index (χ0) is 32.2. The maximum atomic E-state index is 13.4. The molecule has 0 fully saturated rings. The summed E-state index contributed by atoms with van der Waals surface area (Å²) in [5.74, 6) is -1.03. The molecule has 0 aliphatic rings. The summed E-state index contributed by atoms with van der Waals surface area (Å²) in [6.07, 6.45) is 1.56. The molecule has 0 aliphatic heterocycles. The lowest BCUT2D eigenvalue weighted by atomic mass is 10.1. The second kappa shape index (κ2) is 15.9. The first kappa shape index (κ1) is 32.6. The summed E-state index contributed by atoms with van der Waals surface area (Å²) >= 11 is 1.35. The van der Waals surface area contributed by atoms with Gasteiger partial charge in [-0.05, 0) is 86.7 Å². The third kappa shape index (κ3) is 9.32. The molecule has 3 amide bonds. The summed E-state index contributed by atoms with van der Waals surface area (Å²) in [6, 6.07) is 29.3. The molecular weight excluding hydrogens is 590 g/mol. The fourth-order valence-electron chi connectivity index (χ4n) is 4.10. The van der Waals surface area contributed by atoms with Crippen molar-refractivity contribution < 1.29 is 28.7 Å². The Balaban J connectivity index is 1.41. The van der Waals surface area contributed by atoms with Crippen LogP contribution >= 0.6 is 11.8 Å². The van der Waals surface area contributed by atoms with Gasteiger partial charge >= 0.3 is 5.97 Å². The van der Waals surface area contributed by atoms with Gasteiger partial charge in [-0.25, -0.2) is 4.79 Å². The Morgan fingerprint density at radius 3 is 2.07 bits per heavy atom. The molecule has 0 aromatic heterocycles. The highest BCUT2D eigenvalue weighted by Crippen LogP contribution is 2.26. The number of carbonyl (C=O) groups excluding carboxylic acids is 4. The number of rotatable bonds is 12. The number of para-hydroxylation sites is 1. The molecule has 0 spiro atoms. The van der Waals surface area contributed by atoms with Crippen LogP contribution in [0.2, 0.25) is 0 Å². The maximum absolute atomic E-state index is 13.4. The molecule has 0 saturated heterocycles. The number of methoxy groups -OCH3 is 1. The number of ether oxygens (including phenoxy) is 2. The first-order valence-electron chi connectivity index (χ1n) is 14.1. The van der Waals surface area contributed by atoms with Gasteiger partial charge in [-0.1, -0.05) is 36.4 Å². The van der Waals surface area contributed by atoms with Gasteiger partial charge in [-0.2, -0.15) is 0 Å². The molecule has 4 rings (SSSR count). The van der Waals surface area contributed by atoms with E-state index in [0.717, 1.165) is 4.90 Å². The average molecular weight is 624 g/mol. The van der Waals surface area contributed by atoms with Crippen molar-refractivity contribution in [2.75, 3.05) is 24.4 Å². The molecule has 1 unspecified atom stereocenters. The Hall–Kier alpha value is -5.35. The monoisotopic (exact) mass is 623 g/mol. The van der Waals surface area contributed by atoms with Gasteiger partial charge in [0.05, 0.1) is 24.5 Å². The van der Waals surface area contributed by atoms with Gasteiger partial charge in [0.25, 0.3) is 11.8 Å². The lowest BCUT2D eigenvalue weighted by Gasteiger charge is -2.14. The number of anilines is 2. The highest BCUT2D eigenvalue weighted by molar-refractivity contribution is 8.00. The Labute approximate surface area is 266 Å². The van der Waals surface area contributed by atoms with Crippen molar-refractivity contribution >= 4 is 52.9 Å². The molecule has 3 N–H and O–H groups in total. The zero-order valence-corrected chi connectivity index (χ0v) is 25.9. The minimum absolute atomic E-state index is 0.0346. The molecule has 10 heteroatoms. The average Bonchev–Trinajstić information content (AvgIpc) is 3.06. The summed E-state index contributed by atoms with van der Waals surface area (Å²) in [6.45, 7) is 3.81. The largest absolute Gasteiger partial charge is 0.496 e. The van der Waals surface area contributed by atoms with Gasteiger partial charge in [0.1, 0.15) is 11.4 Å². The van der Waals surface area contributed by atoms with Crippen LogP contribution in [0, 0.1) is 0 Å². The Bertz CT molecular complexity index is 1670. The molecule has 0 saturated carbocycles. The molecule has 45 heavy (non-hydrogen) atoms. The van der Waals surface area contributed by atoms with Crippen LogP contribution < -0.4 is 20.7 Å². The van der Waals surface area contributed by atoms with Crippen molar-refractivity contribution in [1.29, 1.82) is 0 Å². The topological polar surface area (TPSA) is 123 Å². The number of nitrogens with one attached hydrogen (secondary N) is 3. The van der Waals surface area contributed by atoms with E-state index in [2.05, 4.69) is 16.0 Å². The Morgan fingerprint density at radius 2 is 1.40 bits per heavy atom. The fraction of sp³-hybridized carbons (Fsp3) is 0.143. The van der Waals surface area contributed by atoms with Crippen molar-refractivity contribution in [3.63, 3.8) is 0 Å². The van der Waals surface area contributed by atoms with Gasteiger partial charge in [-0.3, -0.25) is 14.4 Å². The van der Waals surface area contributed by atoms with Crippen LogP contribution in [0.25, 0.3) is 6.08 Å². The zero-order valence-electron chi connectivity index (χ0n) is 25.0. The summed E-state index contributed by atoms with van der Waals surface area (Å²) < 4.78 is 10.4. The summed E-state index contributed by atoms with van der Waals surface area (Å²) in [4.78, 5) is 51.7. The molecule has 0 heterocycles. The van der Waals surface area contributed by atoms with E-state index < -0.39 is 23.0 Å². The van der Waals surface area contributed by atoms with E-state index in [9.17, 15) is 19.2 Å². The first-order chi connectivity index (χ1) is 21.8. The van der Waals surface area contributed by atoms with Gasteiger partial charge in [0, 0.05) is 27.4 Å². The molecule has 4 aromatic carbocycles. The maximum Gasteiger partial charge on any atom is 0.338 e. The van der Waals surface area contributed by atoms with Crippen LogP contribution in [0.1, 0.15) is 40.1 Å². The van der Waals surface area contributed by atoms with Gasteiger partial charge in [0.15, 0.2) is 0 Å². The summed E-state index contributed by atoms with van der Waals surface area (Å²) in [7, 11) is 1.53. The molecule has 4 aromatic rings. The molecule has 0 bridgehead atoms. The van der Waals surface area contributed by atoms with Gasteiger partial charge in [-0.15, -0.1) is 11.8 Å². The lowest BCUT2D eigenvalue weighted by molar-refractivity contribution is -0.115. The number of hydrogen-bond acceptors (Lipinski definition) is 7. The van der Waals surface area contributed by atoms with Crippen LogP contribution in [-0.4, -0.2) is 42.7 Å². The predicted molar refractivity (Wildman–Crippen MR) is 176 cm³/mol. The van der Waals surface area contributed by atoms with E-state index in [-0.39, 0.29) is 18.2 Å². The van der Waals surface area contributed by atoms with E-state index in [1.165, 1.54) is 18.9 Å². The van der Waals surface area contributed by atoms with Crippen LogP contribution in [0.15, 0.2) is 114 Å². The first-order valence-corrected chi connectivity index (χ1v) is 15.0. The predicted octanol–water partition coefficient (Wildman–Crippen LogP) is 6.40. The van der Waals surface area contributed by atoms with Gasteiger partial charge in [0.2, 0.25) is 5.91 Å². The highest BCUT2D eigenvalue weighted by atomic mass is 32.2. The molecule has 9 nitrogen and oxygen atoms in total. The minimum atomic E-state index is -0.521. The highest BCUT2D eigenvalue weighted by Gasteiger charge is 2.18. The van der Waals surface area contributed by atoms with Crippen molar-refractivity contribution in [2.45, 2.75) is 24.0 Å². The van der Waals surface area contributed by atoms with Crippen molar-refractivity contribution in [2.24, 2.45) is 0 Å². The van der Waals surface area contributed by atoms with Crippen LogP contribution in [0.3, 0.4) is 0 Å². The molecule has 1 atom stereocenters. The fourth-order valence-corrected chi connectivity index (χ4v) is 4.97. The number of thioether (sulfide) groups is 1. The quantitative estimate of drug-likeness (QED) is 0.0948. The standard InChI is InChI=1S/C35H33N3O6S/c1-4-44-35(42)25-14-16-27(17-15-25)36-32(39)23(2)45-29-20-18-28(19-21-29)37-34(41)30(22-26-12-8-9-13-31(26)43-3)38-33(40)24-10-6-5-7-11-24/h5-23H,4H2,1-3H3,(H,36,39)(H,37,41)(H,38,40)/b30-22-. The number of benzene rings is 4. The smallest absolute Gasteiger partial charge is 0.338 e. The third-order valence-electron chi connectivity index (χ3n) is 6.43. The van der Waals surface area contributed by atoms with E-state index in [4.69, 9.17) is 9.47 Å². The second-order valence-electron chi connectivity index (χ2n) is 9.65. The Kier molecular flexibility index (Phi) is 11.5. The Morgan fingerprint density at radius 1 is 0.778 bits per heavy atom. The molecular formula is C35H33N3O6S. The van der Waals surface area contributed by atoms with Crippen LogP contribution in [0.4, 0.5) is 11.4 Å². The lowest BCUT2D eigenvalue weighted by Crippen LogP contribution is -2.30. The van der Waals surface area contributed by atoms with Crippen molar-refractivity contribution in [1.82, 2.24) is 5.32 Å². The molecule has 0 aliphatic carbocycles. The number of carbonyl (C=O) groups is 4. The van der Waals surface area contributed by atoms with Crippen molar-refractivity contribution in [3.8, 4) is 5.75 Å². The molecule has 230 valence electrons. The molecule has 0 radical (unpaired) electrons. The van der Waals surface area contributed by atoms with Crippen molar-refractivity contribution in [3.05, 3.63) is 126 Å². The number of esters is 1. The van der Waals surface area contributed by atoms with E-state index in [1.54, 1.807) is 111 Å². The minimum Gasteiger partial charge on any atom is -0.496 e. The summed E-state index contributed by atoms with van der Waals surface area (Å²) in [5, 5.41) is 7.96. The third-order valence-corrected chi connectivity index (χ3v) is 7.54. The second-order valence-corrected chi connectivity index (χ2v) is 11.1. The number of amides is 3. The number of hydrogen-bond donors (Lipinski definition) is 3. The van der Waals surface area contributed by atoms with E-state index >= 15 is 0 Å². The van der Waals surface area contributed by atoms with E-state index in [0.29, 0.717) is 33.8 Å². The van der Waals surface area contributed by atoms with E-state index in [1.807, 2.05) is 12.1 Å². The SMILES string of the molecule is CCOC(=O)c1ccc(NC(=O)C(C)Sc2ccc(NC(=O)/C(=C/c3ccccc3OC)NC(=O)c3ccccc3)cc2)cc1.